The van der Waals surface area contributed by atoms with Gasteiger partial charge in [-0.15, -0.1) is 0 Å². The molecule has 1 amide bonds. The molecule has 5 nitrogen and oxygen atoms in total. The first-order chi connectivity index (χ1) is 12.4. The number of aromatic nitrogens is 2. The zero-order chi connectivity index (χ0) is 18.7. The van der Waals surface area contributed by atoms with Gasteiger partial charge in [0.2, 0.25) is 0 Å². The highest BCUT2D eigenvalue weighted by molar-refractivity contribution is 6.02. The van der Waals surface area contributed by atoms with E-state index in [-0.39, 0.29) is 5.69 Å². The molecule has 3 aromatic rings. The summed E-state index contributed by atoms with van der Waals surface area (Å²) in [6.45, 7) is 1.97. The van der Waals surface area contributed by atoms with Gasteiger partial charge in [-0.05, 0) is 31.2 Å². The fourth-order valence-corrected chi connectivity index (χ4v) is 2.10. The molecule has 0 radical (unpaired) electrons. The average molecular weight is 358 g/mol. The average Bonchev–Trinajstić information content (AvgIpc) is 2.64. The maximum atomic E-state index is 13.6. The number of nitrogens with one attached hydrogen (secondary N) is 2. The Morgan fingerprint density at radius 1 is 0.923 bits per heavy atom. The maximum Gasteiger partial charge on any atom is 0.275 e. The second kappa shape index (κ2) is 7.22. The molecule has 0 spiro atoms. The van der Waals surface area contributed by atoms with E-state index in [0.29, 0.717) is 11.9 Å². The van der Waals surface area contributed by atoms with Gasteiger partial charge in [-0.2, -0.15) is 0 Å². The number of halogens is 3. The molecule has 0 fully saturated rings. The van der Waals surface area contributed by atoms with Gasteiger partial charge in [-0.3, -0.25) is 4.79 Å². The molecule has 0 aliphatic rings. The van der Waals surface area contributed by atoms with E-state index in [9.17, 15) is 18.0 Å². The first-order valence-corrected chi connectivity index (χ1v) is 7.54. The molecule has 2 N–H and O–H groups in total. The van der Waals surface area contributed by atoms with E-state index in [1.54, 1.807) is 0 Å². The van der Waals surface area contributed by atoms with E-state index < -0.39 is 29.0 Å². The molecular weight excluding hydrogens is 345 g/mol. The molecule has 0 aliphatic carbocycles. The summed E-state index contributed by atoms with van der Waals surface area (Å²) in [4.78, 5) is 20.0. The van der Waals surface area contributed by atoms with E-state index in [0.717, 1.165) is 17.3 Å². The van der Waals surface area contributed by atoms with E-state index >= 15 is 0 Å². The van der Waals surface area contributed by atoms with Crippen LogP contribution in [0, 0.1) is 24.4 Å². The third-order valence-electron chi connectivity index (χ3n) is 3.49. The Morgan fingerprint density at radius 2 is 1.65 bits per heavy atom. The van der Waals surface area contributed by atoms with E-state index in [4.69, 9.17) is 0 Å². The minimum atomic E-state index is -1.66. The van der Waals surface area contributed by atoms with Crippen LogP contribution in [0.1, 0.15) is 16.1 Å². The zero-order valence-electron chi connectivity index (χ0n) is 13.6. The fourth-order valence-electron chi connectivity index (χ4n) is 2.10. The highest BCUT2D eigenvalue weighted by Crippen LogP contribution is 2.20. The predicted molar refractivity (Wildman–Crippen MR) is 90.8 cm³/mol. The summed E-state index contributed by atoms with van der Waals surface area (Å²) in [5, 5.41) is 5.14. The monoisotopic (exact) mass is 358 g/mol. The summed E-state index contributed by atoms with van der Waals surface area (Å²) in [5.74, 6) is -4.88. The number of hydrogen-bond acceptors (Lipinski definition) is 4. The first-order valence-electron chi connectivity index (χ1n) is 7.54. The molecule has 0 bridgehead atoms. The minimum Gasteiger partial charge on any atom is -0.339 e. The molecule has 1 heterocycles. The molecular formula is C18H13F3N4O. The SMILES string of the molecule is Cc1ccc(Nc2cnc(C(=O)Nc3ccc(F)c(F)c3F)cn2)cc1. The Balaban J connectivity index is 1.71. The van der Waals surface area contributed by atoms with Gasteiger partial charge in [-0.25, -0.2) is 23.1 Å². The van der Waals surface area contributed by atoms with Gasteiger partial charge in [-0.1, -0.05) is 17.7 Å². The number of hydrogen-bond donors (Lipinski definition) is 2. The van der Waals surface area contributed by atoms with Crippen molar-refractivity contribution >= 4 is 23.1 Å². The normalized spacial score (nSPS) is 10.5. The second-order valence-corrected chi connectivity index (χ2v) is 5.45. The molecule has 0 saturated heterocycles. The summed E-state index contributed by atoms with van der Waals surface area (Å²) in [7, 11) is 0. The van der Waals surface area contributed by atoms with Crippen molar-refractivity contribution in [2.45, 2.75) is 6.92 Å². The van der Waals surface area contributed by atoms with Crippen LogP contribution in [0.4, 0.5) is 30.4 Å². The molecule has 0 aliphatic heterocycles. The quantitative estimate of drug-likeness (QED) is 0.686. The second-order valence-electron chi connectivity index (χ2n) is 5.45. The van der Waals surface area contributed by atoms with Crippen LogP contribution >= 0.6 is 0 Å². The van der Waals surface area contributed by atoms with Crippen molar-refractivity contribution in [1.82, 2.24) is 9.97 Å². The number of amides is 1. The van der Waals surface area contributed by atoms with Crippen LogP contribution in [-0.4, -0.2) is 15.9 Å². The zero-order valence-corrected chi connectivity index (χ0v) is 13.6. The lowest BCUT2D eigenvalue weighted by Gasteiger charge is -2.08. The maximum absolute atomic E-state index is 13.6. The van der Waals surface area contributed by atoms with Crippen LogP contribution in [0.25, 0.3) is 0 Å². The molecule has 132 valence electrons. The van der Waals surface area contributed by atoms with Gasteiger partial charge in [0.15, 0.2) is 17.5 Å². The molecule has 0 saturated carbocycles. The number of nitrogens with zero attached hydrogens (tertiary/aromatic N) is 2. The molecule has 1 aromatic heterocycles. The van der Waals surface area contributed by atoms with Crippen LogP contribution in [0.5, 0.6) is 0 Å². The van der Waals surface area contributed by atoms with Crippen molar-refractivity contribution in [2.75, 3.05) is 10.6 Å². The van der Waals surface area contributed by atoms with Crippen molar-refractivity contribution in [3.8, 4) is 0 Å². The molecule has 2 aromatic carbocycles. The van der Waals surface area contributed by atoms with Crippen LogP contribution in [0.3, 0.4) is 0 Å². The summed E-state index contributed by atoms with van der Waals surface area (Å²) >= 11 is 0. The molecule has 0 atom stereocenters. The van der Waals surface area contributed by atoms with Crippen molar-refractivity contribution < 1.29 is 18.0 Å². The van der Waals surface area contributed by atoms with Crippen molar-refractivity contribution in [3.63, 3.8) is 0 Å². The number of aryl methyl sites for hydroxylation is 1. The lowest BCUT2D eigenvalue weighted by atomic mass is 10.2. The summed E-state index contributed by atoms with van der Waals surface area (Å²) in [5.41, 5.74) is 1.31. The van der Waals surface area contributed by atoms with Crippen LogP contribution in [-0.2, 0) is 0 Å². The molecule has 3 rings (SSSR count). The van der Waals surface area contributed by atoms with Gasteiger partial charge in [0, 0.05) is 5.69 Å². The summed E-state index contributed by atoms with van der Waals surface area (Å²) < 4.78 is 39.7. The Bertz CT molecular complexity index is 944. The van der Waals surface area contributed by atoms with Crippen LogP contribution < -0.4 is 10.6 Å². The van der Waals surface area contributed by atoms with Crippen molar-refractivity contribution in [1.29, 1.82) is 0 Å². The van der Waals surface area contributed by atoms with Crippen LogP contribution in [0.15, 0.2) is 48.8 Å². The van der Waals surface area contributed by atoms with Gasteiger partial charge in [0.25, 0.3) is 5.91 Å². The molecule has 0 unspecified atom stereocenters. The number of rotatable bonds is 4. The fraction of sp³-hybridized carbons (Fsp3) is 0.0556. The number of anilines is 3. The predicted octanol–water partition coefficient (Wildman–Crippen LogP) is 4.20. The summed E-state index contributed by atoms with van der Waals surface area (Å²) in [6.07, 6.45) is 2.51. The Kier molecular flexibility index (Phi) is 4.83. The highest BCUT2D eigenvalue weighted by Gasteiger charge is 2.16. The van der Waals surface area contributed by atoms with Crippen molar-refractivity contribution in [2.24, 2.45) is 0 Å². The van der Waals surface area contributed by atoms with Crippen LogP contribution in [0.2, 0.25) is 0 Å². The Morgan fingerprint density at radius 3 is 2.31 bits per heavy atom. The lowest BCUT2D eigenvalue weighted by Crippen LogP contribution is -2.16. The van der Waals surface area contributed by atoms with Gasteiger partial charge in [0.05, 0.1) is 18.1 Å². The third kappa shape index (κ3) is 3.80. The summed E-state index contributed by atoms with van der Waals surface area (Å²) in [6, 6.07) is 9.22. The van der Waals surface area contributed by atoms with Crippen molar-refractivity contribution in [3.05, 3.63) is 77.5 Å². The Labute approximate surface area is 146 Å². The minimum absolute atomic E-state index is 0.108. The largest absolute Gasteiger partial charge is 0.339 e. The lowest BCUT2D eigenvalue weighted by molar-refractivity contribution is 0.102. The third-order valence-corrected chi connectivity index (χ3v) is 3.49. The topological polar surface area (TPSA) is 66.9 Å². The highest BCUT2D eigenvalue weighted by atomic mass is 19.2. The number of carbonyl (C=O) groups excluding carboxylic acids is 1. The number of benzene rings is 2. The molecule has 26 heavy (non-hydrogen) atoms. The van der Waals surface area contributed by atoms with Gasteiger partial charge >= 0.3 is 0 Å². The number of carbonyl (C=O) groups is 1. The van der Waals surface area contributed by atoms with E-state index in [1.807, 2.05) is 31.2 Å². The van der Waals surface area contributed by atoms with E-state index in [1.165, 1.54) is 12.4 Å². The Hall–Kier alpha value is -3.42. The first kappa shape index (κ1) is 17.4. The van der Waals surface area contributed by atoms with Gasteiger partial charge in [0.1, 0.15) is 11.5 Å². The molecule has 8 heteroatoms. The van der Waals surface area contributed by atoms with E-state index in [2.05, 4.69) is 20.6 Å². The standard InChI is InChI=1S/C18H13F3N4O/c1-10-2-4-11(5-3-10)24-15-9-22-14(8-23-15)18(26)25-13-7-6-12(19)16(20)17(13)21/h2-9H,1H3,(H,23,24)(H,25,26). The smallest absolute Gasteiger partial charge is 0.275 e. The van der Waals surface area contributed by atoms with Gasteiger partial charge < -0.3 is 10.6 Å².